The van der Waals surface area contributed by atoms with Crippen LogP contribution in [-0.4, -0.2) is 4.37 Å². The molecule has 0 saturated heterocycles. The van der Waals surface area contributed by atoms with Crippen molar-refractivity contribution in [3.63, 3.8) is 0 Å². The van der Waals surface area contributed by atoms with Crippen molar-refractivity contribution in [2.24, 2.45) is 0 Å². The summed E-state index contributed by atoms with van der Waals surface area (Å²) in [6.45, 7) is 0. The highest BCUT2D eigenvalue weighted by atomic mass is 35.5. The summed E-state index contributed by atoms with van der Waals surface area (Å²) < 4.78 is 4.14. The number of nitriles is 1. The normalized spacial score (nSPS) is 9.87. The molecule has 5 heteroatoms. The van der Waals surface area contributed by atoms with Crippen LogP contribution >= 0.6 is 23.1 Å². The quantitative estimate of drug-likeness (QED) is 0.827. The van der Waals surface area contributed by atoms with Crippen LogP contribution in [0.4, 0.5) is 5.00 Å². The molecule has 2 aromatic rings. The van der Waals surface area contributed by atoms with Crippen molar-refractivity contribution >= 4 is 28.1 Å². The van der Waals surface area contributed by atoms with Crippen LogP contribution in [-0.2, 0) is 0 Å². The highest BCUT2D eigenvalue weighted by molar-refractivity contribution is 7.10. The third-order valence-electron chi connectivity index (χ3n) is 1.95. The first-order valence-electron chi connectivity index (χ1n) is 4.13. The number of benzene rings is 1. The molecule has 74 valence electrons. The summed E-state index contributed by atoms with van der Waals surface area (Å²) in [6.07, 6.45) is 0. The zero-order valence-electron chi connectivity index (χ0n) is 7.57. The molecule has 0 saturated carbocycles. The van der Waals surface area contributed by atoms with Crippen molar-refractivity contribution < 1.29 is 0 Å². The van der Waals surface area contributed by atoms with Gasteiger partial charge in [0.2, 0.25) is 0 Å². The lowest BCUT2D eigenvalue weighted by molar-refractivity contribution is 1.46. The summed E-state index contributed by atoms with van der Waals surface area (Å²) in [5.41, 5.74) is 7.53. The number of halogens is 1. The van der Waals surface area contributed by atoms with E-state index in [1.807, 2.05) is 18.2 Å². The molecule has 0 amide bonds. The molecule has 0 bridgehead atoms. The van der Waals surface area contributed by atoms with E-state index < -0.39 is 0 Å². The average Bonchev–Trinajstić information content (AvgIpc) is 2.61. The summed E-state index contributed by atoms with van der Waals surface area (Å²) >= 11 is 6.90. The van der Waals surface area contributed by atoms with Gasteiger partial charge in [-0.1, -0.05) is 23.7 Å². The Bertz CT molecular complexity index is 525. The average molecular weight is 236 g/mol. The molecule has 2 N–H and O–H groups in total. The Kier molecular flexibility index (Phi) is 2.58. The van der Waals surface area contributed by atoms with E-state index in [9.17, 15) is 0 Å². The van der Waals surface area contributed by atoms with Gasteiger partial charge in [-0.2, -0.15) is 9.64 Å². The van der Waals surface area contributed by atoms with Gasteiger partial charge in [0.15, 0.2) is 0 Å². The minimum atomic E-state index is 0.433. The number of nitrogens with two attached hydrogens (primary N) is 1. The van der Waals surface area contributed by atoms with E-state index in [4.69, 9.17) is 22.6 Å². The highest BCUT2D eigenvalue weighted by Gasteiger charge is 2.12. The number of hydrogen-bond acceptors (Lipinski definition) is 4. The lowest BCUT2D eigenvalue weighted by Crippen LogP contribution is -1.85. The van der Waals surface area contributed by atoms with Gasteiger partial charge in [-0.25, -0.2) is 0 Å². The molecule has 2 rings (SSSR count). The molecule has 3 nitrogen and oxygen atoms in total. The molecule has 0 aliphatic rings. The second kappa shape index (κ2) is 3.89. The first-order chi connectivity index (χ1) is 7.22. The molecule has 0 radical (unpaired) electrons. The van der Waals surface area contributed by atoms with Crippen LogP contribution < -0.4 is 5.73 Å². The summed E-state index contributed by atoms with van der Waals surface area (Å²) in [7, 11) is 0. The van der Waals surface area contributed by atoms with Crippen molar-refractivity contribution in [1.82, 2.24) is 4.37 Å². The molecule has 1 heterocycles. The summed E-state index contributed by atoms with van der Waals surface area (Å²) in [4.78, 5) is 0. The monoisotopic (exact) mass is 235 g/mol. The first kappa shape index (κ1) is 9.97. The van der Waals surface area contributed by atoms with Gasteiger partial charge in [0.1, 0.15) is 22.3 Å². The molecule has 1 aromatic heterocycles. The fourth-order valence-corrected chi connectivity index (χ4v) is 1.96. The maximum Gasteiger partial charge on any atom is 0.125 e. The van der Waals surface area contributed by atoms with E-state index in [-0.39, 0.29) is 0 Å². The van der Waals surface area contributed by atoms with Crippen molar-refractivity contribution in [1.29, 1.82) is 5.26 Å². The van der Waals surface area contributed by atoms with Gasteiger partial charge in [0.05, 0.1) is 0 Å². The summed E-state index contributed by atoms with van der Waals surface area (Å²) in [5, 5.41) is 10.0. The van der Waals surface area contributed by atoms with Crippen LogP contribution in [0.1, 0.15) is 5.56 Å². The fourth-order valence-electron chi connectivity index (χ4n) is 1.22. The van der Waals surface area contributed by atoms with Gasteiger partial charge in [-0.3, -0.25) is 0 Å². The zero-order valence-corrected chi connectivity index (χ0v) is 9.14. The maximum atomic E-state index is 8.91. The number of anilines is 1. The van der Waals surface area contributed by atoms with Crippen LogP contribution in [0.15, 0.2) is 24.3 Å². The summed E-state index contributed by atoms with van der Waals surface area (Å²) in [5.74, 6) is 0. The van der Waals surface area contributed by atoms with Crippen LogP contribution in [0.5, 0.6) is 0 Å². The lowest BCUT2D eigenvalue weighted by atomic mass is 10.1. The minimum Gasteiger partial charge on any atom is -0.388 e. The van der Waals surface area contributed by atoms with Gasteiger partial charge in [-0.05, 0) is 23.7 Å². The number of nitrogen functional groups attached to an aromatic ring is 1. The number of rotatable bonds is 1. The Morgan fingerprint density at radius 1 is 1.33 bits per heavy atom. The van der Waals surface area contributed by atoms with E-state index in [1.54, 1.807) is 12.1 Å². The number of hydrogen-bond donors (Lipinski definition) is 1. The minimum absolute atomic E-state index is 0.433. The van der Waals surface area contributed by atoms with Crippen molar-refractivity contribution in [2.75, 3.05) is 5.73 Å². The number of aromatic nitrogens is 1. The zero-order chi connectivity index (χ0) is 10.8. The molecule has 0 aliphatic carbocycles. The van der Waals surface area contributed by atoms with Crippen molar-refractivity contribution in [3.8, 4) is 17.3 Å². The Labute approximate surface area is 95.9 Å². The van der Waals surface area contributed by atoms with Crippen LogP contribution in [0, 0.1) is 11.3 Å². The third-order valence-corrected chi connectivity index (χ3v) is 2.87. The molecular weight excluding hydrogens is 230 g/mol. The number of nitrogens with zero attached hydrogens (tertiary/aromatic N) is 2. The van der Waals surface area contributed by atoms with E-state index >= 15 is 0 Å². The van der Waals surface area contributed by atoms with Crippen molar-refractivity contribution in [3.05, 3.63) is 34.9 Å². The summed E-state index contributed by atoms with van der Waals surface area (Å²) in [6, 6.07) is 9.20. The predicted molar refractivity (Wildman–Crippen MR) is 61.7 cm³/mol. The third kappa shape index (κ3) is 1.80. The second-order valence-corrected chi connectivity index (χ2v) is 4.13. The van der Waals surface area contributed by atoms with Gasteiger partial charge >= 0.3 is 0 Å². The fraction of sp³-hybridized carbons (Fsp3) is 0. The maximum absolute atomic E-state index is 8.91. The van der Waals surface area contributed by atoms with E-state index in [0.29, 0.717) is 21.3 Å². The standard InChI is InChI=1S/C10H6ClN3S/c11-7-3-1-6(2-4-7)9-8(5-12)10(13)15-14-9/h1-4H,13H2. The van der Waals surface area contributed by atoms with Gasteiger partial charge < -0.3 is 5.73 Å². The second-order valence-electron chi connectivity index (χ2n) is 2.89. The van der Waals surface area contributed by atoms with Crippen LogP contribution in [0.2, 0.25) is 5.02 Å². The van der Waals surface area contributed by atoms with Gasteiger partial charge in [0.25, 0.3) is 0 Å². The van der Waals surface area contributed by atoms with Crippen molar-refractivity contribution in [2.45, 2.75) is 0 Å². The Hall–Kier alpha value is -1.57. The van der Waals surface area contributed by atoms with Gasteiger partial charge in [0, 0.05) is 10.6 Å². The molecular formula is C10H6ClN3S. The lowest BCUT2D eigenvalue weighted by Gasteiger charge is -1.97. The van der Waals surface area contributed by atoms with Crippen LogP contribution in [0.25, 0.3) is 11.3 Å². The molecule has 0 fully saturated rings. The van der Waals surface area contributed by atoms with E-state index in [1.165, 1.54) is 0 Å². The largest absolute Gasteiger partial charge is 0.388 e. The van der Waals surface area contributed by atoms with E-state index in [0.717, 1.165) is 17.1 Å². The Morgan fingerprint density at radius 3 is 2.60 bits per heavy atom. The highest BCUT2D eigenvalue weighted by Crippen LogP contribution is 2.29. The SMILES string of the molecule is N#Cc1c(-c2ccc(Cl)cc2)nsc1N. The predicted octanol–water partition coefficient (Wildman–Crippen LogP) is 2.92. The Balaban J connectivity index is 2.55. The first-order valence-corrected chi connectivity index (χ1v) is 5.28. The molecule has 15 heavy (non-hydrogen) atoms. The smallest absolute Gasteiger partial charge is 0.125 e. The molecule has 0 atom stereocenters. The Morgan fingerprint density at radius 2 is 2.00 bits per heavy atom. The van der Waals surface area contributed by atoms with Crippen LogP contribution in [0.3, 0.4) is 0 Å². The van der Waals surface area contributed by atoms with Gasteiger partial charge in [-0.15, -0.1) is 0 Å². The molecule has 0 aliphatic heterocycles. The molecule has 0 unspecified atom stereocenters. The topological polar surface area (TPSA) is 62.7 Å². The molecule has 1 aromatic carbocycles. The van der Waals surface area contributed by atoms with E-state index in [2.05, 4.69) is 4.37 Å². The molecule has 0 spiro atoms.